The fourth-order valence-corrected chi connectivity index (χ4v) is 3.25. The van der Waals surface area contributed by atoms with E-state index in [9.17, 15) is 10.2 Å². The third kappa shape index (κ3) is 1.27. The Morgan fingerprint density at radius 3 is 2.55 bits per heavy atom. The van der Waals surface area contributed by atoms with Crippen molar-refractivity contribution in [1.82, 2.24) is 0 Å². The van der Waals surface area contributed by atoms with Crippen molar-refractivity contribution in [3.8, 4) is 11.5 Å². The number of hydrogen-bond donors (Lipinski definition) is 2. The molecule has 2 heterocycles. The quantitative estimate of drug-likeness (QED) is 0.772. The van der Waals surface area contributed by atoms with Crippen LogP contribution >= 0.6 is 0 Å². The molecule has 1 spiro atoms. The molecule has 2 N–H and O–H groups in total. The van der Waals surface area contributed by atoms with Crippen molar-refractivity contribution in [2.75, 3.05) is 0 Å². The van der Waals surface area contributed by atoms with Crippen LogP contribution in [0, 0.1) is 0 Å². The Balaban J connectivity index is 2.05. The molecular weight excluding hydrogens is 256 g/mol. The monoisotopic (exact) mass is 270 g/mol. The highest BCUT2D eigenvalue weighted by Gasteiger charge is 2.53. The lowest BCUT2D eigenvalue weighted by Gasteiger charge is -2.26. The van der Waals surface area contributed by atoms with Crippen molar-refractivity contribution in [3.05, 3.63) is 58.7 Å². The predicted octanol–water partition coefficient (Wildman–Crippen LogP) is 2.92. The van der Waals surface area contributed by atoms with Crippen LogP contribution in [0.15, 0.2) is 36.4 Å². The highest BCUT2D eigenvalue weighted by molar-refractivity contribution is 5.57. The summed E-state index contributed by atoms with van der Waals surface area (Å²) in [6.07, 6.45) is -0.206. The summed E-state index contributed by atoms with van der Waals surface area (Å²) in [4.78, 5) is 0. The Hall–Kier alpha value is -2.04. The van der Waals surface area contributed by atoms with Gasteiger partial charge in [-0.2, -0.15) is 0 Å². The highest BCUT2D eigenvalue weighted by atomic mass is 16.7. The Morgan fingerprint density at radius 1 is 1.05 bits per heavy atom. The summed E-state index contributed by atoms with van der Waals surface area (Å²) in [7, 11) is 0. The Bertz CT molecular complexity index is 710. The van der Waals surface area contributed by atoms with E-state index in [1.165, 1.54) is 0 Å². The van der Waals surface area contributed by atoms with Crippen molar-refractivity contribution in [2.24, 2.45) is 0 Å². The first-order chi connectivity index (χ1) is 9.63. The van der Waals surface area contributed by atoms with Crippen LogP contribution in [0.1, 0.15) is 35.3 Å². The molecule has 0 aromatic heterocycles. The van der Waals surface area contributed by atoms with E-state index in [1.807, 2.05) is 19.1 Å². The molecule has 0 fully saturated rings. The molecule has 0 radical (unpaired) electrons. The molecule has 102 valence electrons. The van der Waals surface area contributed by atoms with Gasteiger partial charge >= 0.3 is 0 Å². The number of benzene rings is 2. The minimum atomic E-state index is -1.19. The normalized spacial score (nSPS) is 26.8. The van der Waals surface area contributed by atoms with Gasteiger partial charge in [0, 0.05) is 0 Å². The number of ether oxygens (including phenoxy) is 2. The van der Waals surface area contributed by atoms with Gasteiger partial charge in [-0.1, -0.05) is 24.3 Å². The lowest BCUT2D eigenvalue weighted by molar-refractivity contribution is -0.216. The molecule has 0 aliphatic carbocycles. The van der Waals surface area contributed by atoms with E-state index in [0.717, 1.165) is 11.1 Å². The van der Waals surface area contributed by atoms with Crippen LogP contribution in [0.25, 0.3) is 0 Å². The third-order valence-electron chi connectivity index (χ3n) is 4.07. The van der Waals surface area contributed by atoms with Gasteiger partial charge in [0.05, 0.1) is 23.8 Å². The van der Waals surface area contributed by atoms with Gasteiger partial charge in [-0.05, 0) is 30.2 Å². The SMILES string of the molecule is C[C@@H]1O[C@@]2(OCc3cccc(O)c32)c2c(O)cccc21. The molecule has 2 aromatic rings. The average Bonchev–Trinajstić information content (AvgIpc) is 2.92. The second-order valence-electron chi connectivity index (χ2n) is 5.22. The Morgan fingerprint density at radius 2 is 1.75 bits per heavy atom. The molecule has 2 aromatic carbocycles. The second kappa shape index (κ2) is 3.75. The molecule has 4 rings (SSSR count). The molecule has 4 heteroatoms. The van der Waals surface area contributed by atoms with Gasteiger partial charge in [0.2, 0.25) is 5.79 Å². The van der Waals surface area contributed by atoms with Crippen LogP contribution in [-0.4, -0.2) is 10.2 Å². The summed E-state index contributed by atoms with van der Waals surface area (Å²) >= 11 is 0. The minimum Gasteiger partial charge on any atom is -0.507 e. The predicted molar refractivity (Wildman–Crippen MR) is 71.3 cm³/mol. The van der Waals surface area contributed by atoms with Crippen LogP contribution in [-0.2, 0) is 21.9 Å². The summed E-state index contributed by atoms with van der Waals surface area (Å²) in [5.74, 6) is -0.938. The molecule has 4 nitrogen and oxygen atoms in total. The fraction of sp³-hybridized carbons (Fsp3) is 0.250. The Labute approximate surface area is 116 Å². The van der Waals surface area contributed by atoms with Crippen molar-refractivity contribution >= 4 is 0 Å². The maximum atomic E-state index is 10.2. The van der Waals surface area contributed by atoms with Crippen molar-refractivity contribution < 1.29 is 19.7 Å². The zero-order chi connectivity index (χ0) is 13.9. The van der Waals surface area contributed by atoms with Crippen LogP contribution in [0.5, 0.6) is 11.5 Å². The smallest absolute Gasteiger partial charge is 0.231 e. The molecule has 0 saturated carbocycles. The number of rotatable bonds is 0. The van der Waals surface area contributed by atoms with Gasteiger partial charge in [0.15, 0.2) is 0 Å². The second-order valence-corrected chi connectivity index (χ2v) is 5.22. The molecule has 0 unspecified atom stereocenters. The summed E-state index contributed by atoms with van der Waals surface area (Å²) in [6, 6.07) is 10.6. The Kier molecular flexibility index (Phi) is 2.20. The van der Waals surface area contributed by atoms with Gasteiger partial charge in [-0.25, -0.2) is 0 Å². The van der Waals surface area contributed by atoms with Crippen molar-refractivity contribution in [1.29, 1.82) is 0 Å². The van der Waals surface area contributed by atoms with Gasteiger partial charge in [-0.15, -0.1) is 0 Å². The molecule has 2 aliphatic heterocycles. The number of phenolic OH excluding ortho intramolecular Hbond substituents is 2. The van der Waals surface area contributed by atoms with E-state index in [4.69, 9.17) is 9.47 Å². The highest BCUT2D eigenvalue weighted by Crippen LogP contribution is 2.57. The summed E-state index contributed by atoms with van der Waals surface area (Å²) in [5, 5.41) is 20.5. The first-order valence-electron chi connectivity index (χ1n) is 6.59. The average molecular weight is 270 g/mol. The number of hydrogen-bond acceptors (Lipinski definition) is 4. The first-order valence-corrected chi connectivity index (χ1v) is 6.59. The minimum absolute atomic E-state index is 0.128. The first kappa shape index (κ1) is 11.8. The van der Waals surface area contributed by atoms with E-state index in [1.54, 1.807) is 24.3 Å². The van der Waals surface area contributed by atoms with Crippen LogP contribution in [0.3, 0.4) is 0 Å². The summed E-state index contributed by atoms with van der Waals surface area (Å²) < 4.78 is 11.9. The summed E-state index contributed by atoms with van der Waals surface area (Å²) in [5.41, 5.74) is 2.98. The number of fused-ring (bicyclic) bond motifs is 4. The lowest BCUT2D eigenvalue weighted by atomic mass is 9.92. The van der Waals surface area contributed by atoms with E-state index in [-0.39, 0.29) is 17.6 Å². The van der Waals surface area contributed by atoms with Crippen LogP contribution in [0.4, 0.5) is 0 Å². The zero-order valence-corrected chi connectivity index (χ0v) is 11.0. The standard InChI is InChI=1S/C16H14O4/c1-9-11-5-3-7-13(18)15(11)16(20-9)14-10(8-19-16)4-2-6-12(14)17/h2-7,9,17-18H,8H2,1H3/t9-,16+/m0/s1. The zero-order valence-electron chi connectivity index (χ0n) is 11.0. The molecule has 2 atom stereocenters. The molecule has 20 heavy (non-hydrogen) atoms. The maximum absolute atomic E-state index is 10.2. The topological polar surface area (TPSA) is 58.9 Å². The maximum Gasteiger partial charge on any atom is 0.231 e. The molecule has 2 aliphatic rings. The van der Waals surface area contributed by atoms with Crippen molar-refractivity contribution in [2.45, 2.75) is 25.4 Å². The van der Waals surface area contributed by atoms with E-state index in [0.29, 0.717) is 17.7 Å². The molecular formula is C16H14O4. The number of aromatic hydroxyl groups is 2. The van der Waals surface area contributed by atoms with Gasteiger partial charge in [0.1, 0.15) is 11.5 Å². The van der Waals surface area contributed by atoms with E-state index < -0.39 is 5.79 Å². The third-order valence-corrected chi connectivity index (χ3v) is 4.07. The summed E-state index contributed by atoms with van der Waals surface area (Å²) in [6.45, 7) is 2.26. The largest absolute Gasteiger partial charge is 0.507 e. The van der Waals surface area contributed by atoms with E-state index >= 15 is 0 Å². The van der Waals surface area contributed by atoms with Gasteiger partial charge in [0.25, 0.3) is 0 Å². The van der Waals surface area contributed by atoms with E-state index in [2.05, 4.69) is 0 Å². The van der Waals surface area contributed by atoms with Crippen molar-refractivity contribution in [3.63, 3.8) is 0 Å². The van der Waals surface area contributed by atoms with Crippen LogP contribution in [0.2, 0.25) is 0 Å². The van der Waals surface area contributed by atoms with Crippen LogP contribution < -0.4 is 0 Å². The molecule has 0 bridgehead atoms. The lowest BCUT2D eigenvalue weighted by Crippen LogP contribution is -2.26. The number of phenols is 2. The van der Waals surface area contributed by atoms with Gasteiger partial charge in [-0.3, -0.25) is 0 Å². The molecule has 0 saturated heterocycles. The fourth-order valence-electron chi connectivity index (χ4n) is 3.25. The van der Waals surface area contributed by atoms with Gasteiger partial charge < -0.3 is 19.7 Å². The molecule has 0 amide bonds.